The summed E-state index contributed by atoms with van der Waals surface area (Å²) in [6.07, 6.45) is 0. The van der Waals surface area contributed by atoms with Crippen LogP contribution in [0, 0.1) is 0 Å². The Morgan fingerprint density at radius 2 is 1.65 bits per heavy atom. The van der Waals surface area contributed by atoms with Crippen LogP contribution < -0.4 is 25.3 Å². The third-order valence-corrected chi connectivity index (χ3v) is 4.08. The molecule has 2 aromatic carbocycles. The van der Waals surface area contributed by atoms with Gasteiger partial charge in [0.25, 0.3) is 0 Å². The Hall–Kier alpha value is -1.68. The standard InChI is InChI=1S/C18H22BrN3O3.HI/c1-23-15-7-5-14(19)9-13(15)11-22-18(20)21-10-12-4-6-16(24-2)17(8-12)25-3;/h4-9H,10-11H2,1-3H3,(H3,20,21,22);1H. The van der Waals surface area contributed by atoms with Crippen LogP contribution >= 0.6 is 39.9 Å². The Labute approximate surface area is 179 Å². The zero-order valence-electron chi connectivity index (χ0n) is 14.9. The van der Waals surface area contributed by atoms with Gasteiger partial charge in [-0.1, -0.05) is 22.0 Å². The Balaban J connectivity index is 0.00000338. The maximum atomic E-state index is 5.96. The van der Waals surface area contributed by atoms with Crippen molar-refractivity contribution in [3.05, 3.63) is 52.0 Å². The SMILES string of the molecule is COc1ccc(Br)cc1CNC(N)=NCc1ccc(OC)c(OC)c1.I. The van der Waals surface area contributed by atoms with Crippen LogP contribution in [0.3, 0.4) is 0 Å². The number of ether oxygens (including phenoxy) is 3. The van der Waals surface area contributed by atoms with Crippen LogP contribution in [0.5, 0.6) is 17.2 Å². The molecule has 0 amide bonds. The van der Waals surface area contributed by atoms with E-state index in [0.29, 0.717) is 30.5 Å². The van der Waals surface area contributed by atoms with Gasteiger partial charge >= 0.3 is 0 Å². The number of hydrogen-bond acceptors (Lipinski definition) is 4. The zero-order chi connectivity index (χ0) is 18.2. The maximum absolute atomic E-state index is 5.96. The average molecular weight is 536 g/mol. The highest BCUT2D eigenvalue weighted by atomic mass is 127. The lowest BCUT2D eigenvalue weighted by Crippen LogP contribution is -2.31. The molecule has 142 valence electrons. The summed E-state index contributed by atoms with van der Waals surface area (Å²) >= 11 is 3.45. The van der Waals surface area contributed by atoms with Crippen molar-refractivity contribution in [2.45, 2.75) is 13.1 Å². The van der Waals surface area contributed by atoms with Gasteiger partial charge in [-0.2, -0.15) is 0 Å². The molecule has 0 spiro atoms. The first kappa shape index (κ1) is 22.4. The van der Waals surface area contributed by atoms with Gasteiger partial charge in [-0.25, -0.2) is 4.99 Å². The Morgan fingerprint density at radius 1 is 1.00 bits per heavy atom. The number of methoxy groups -OCH3 is 3. The lowest BCUT2D eigenvalue weighted by atomic mass is 10.2. The highest BCUT2D eigenvalue weighted by Crippen LogP contribution is 2.27. The van der Waals surface area contributed by atoms with E-state index >= 15 is 0 Å². The van der Waals surface area contributed by atoms with Crippen molar-refractivity contribution in [3.63, 3.8) is 0 Å². The topological polar surface area (TPSA) is 78.1 Å². The molecular weight excluding hydrogens is 513 g/mol. The summed E-state index contributed by atoms with van der Waals surface area (Å²) in [5.74, 6) is 2.50. The first-order valence-corrected chi connectivity index (χ1v) is 8.43. The predicted octanol–water partition coefficient (Wildman–Crippen LogP) is 3.70. The molecule has 2 aromatic rings. The normalized spacial score (nSPS) is 10.7. The minimum atomic E-state index is 0. The van der Waals surface area contributed by atoms with Gasteiger partial charge in [0.15, 0.2) is 17.5 Å². The number of aliphatic imine (C=N–C) groups is 1. The number of guanidine groups is 1. The Bertz CT molecular complexity index is 756. The fourth-order valence-corrected chi connectivity index (χ4v) is 2.69. The quantitative estimate of drug-likeness (QED) is 0.321. The summed E-state index contributed by atoms with van der Waals surface area (Å²) in [6, 6.07) is 11.5. The fraction of sp³-hybridized carbons (Fsp3) is 0.278. The van der Waals surface area contributed by atoms with Gasteiger partial charge in [0.2, 0.25) is 0 Å². The molecule has 0 fully saturated rings. The predicted molar refractivity (Wildman–Crippen MR) is 118 cm³/mol. The number of hydrogen-bond donors (Lipinski definition) is 2. The van der Waals surface area contributed by atoms with E-state index in [1.54, 1.807) is 21.3 Å². The summed E-state index contributed by atoms with van der Waals surface area (Å²) in [6.45, 7) is 0.957. The summed E-state index contributed by atoms with van der Waals surface area (Å²) in [7, 11) is 4.85. The van der Waals surface area contributed by atoms with Crippen molar-refractivity contribution in [2.75, 3.05) is 21.3 Å². The van der Waals surface area contributed by atoms with E-state index in [1.165, 1.54) is 0 Å². The molecule has 8 heteroatoms. The van der Waals surface area contributed by atoms with E-state index in [9.17, 15) is 0 Å². The van der Waals surface area contributed by atoms with E-state index in [0.717, 1.165) is 21.3 Å². The number of benzene rings is 2. The number of halogens is 2. The molecule has 2 rings (SSSR count). The average Bonchev–Trinajstić information content (AvgIpc) is 2.64. The van der Waals surface area contributed by atoms with E-state index < -0.39 is 0 Å². The number of nitrogens with one attached hydrogen (secondary N) is 1. The first-order chi connectivity index (χ1) is 12.1. The molecule has 3 N–H and O–H groups in total. The van der Waals surface area contributed by atoms with Crippen molar-refractivity contribution in [3.8, 4) is 17.2 Å². The van der Waals surface area contributed by atoms with Crippen LogP contribution in [-0.4, -0.2) is 27.3 Å². The molecule has 26 heavy (non-hydrogen) atoms. The lowest BCUT2D eigenvalue weighted by Gasteiger charge is -2.11. The third kappa shape index (κ3) is 6.24. The molecule has 0 bridgehead atoms. The maximum Gasteiger partial charge on any atom is 0.189 e. The molecule has 0 aliphatic rings. The van der Waals surface area contributed by atoms with Crippen LogP contribution in [0.15, 0.2) is 45.9 Å². The van der Waals surface area contributed by atoms with Crippen LogP contribution in [0.2, 0.25) is 0 Å². The van der Waals surface area contributed by atoms with Gasteiger partial charge in [0, 0.05) is 16.6 Å². The first-order valence-electron chi connectivity index (χ1n) is 7.64. The van der Waals surface area contributed by atoms with Crippen molar-refractivity contribution < 1.29 is 14.2 Å². The molecule has 0 saturated carbocycles. The molecule has 0 atom stereocenters. The second kappa shape index (κ2) is 11.1. The second-order valence-corrected chi connectivity index (χ2v) is 6.12. The van der Waals surface area contributed by atoms with Gasteiger partial charge in [0.1, 0.15) is 5.75 Å². The fourth-order valence-electron chi connectivity index (χ4n) is 2.28. The van der Waals surface area contributed by atoms with Crippen LogP contribution in [0.25, 0.3) is 0 Å². The molecule has 0 aliphatic heterocycles. The van der Waals surface area contributed by atoms with Crippen LogP contribution in [-0.2, 0) is 13.1 Å². The summed E-state index contributed by atoms with van der Waals surface area (Å²) in [5, 5.41) is 3.09. The third-order valence-electron chi connectivity index (χ3n) is 3.58. The number of nitrogens with zero attached hydrogens (tertiary/aromatic N) is 1. The van der Waals surface area contributed by atoms with Gasteiger partial charge in [-0.05, 0) is 35.9 Å². The van der Waals surface area contributed by atoms with Crippen molar-refractivity contribution >= 4 is 45.9 Å². The largest absolute Gasteiger partial charge is 0.496 e. The Kier molecular flexibility index (Phi) is 9.57. The van der Waals surface area contributed by atoms with Crippen LogP contribution in [0.4, 0.5) is 0 Å². The molecule has 0 heterocycles. The molecule has 0 aliphatic carbocycles. The van der Waals surface area contributed by atoms with E-state index in [-0.39, 0.29) is 24.0 Å². The monoisotopic (exact) mass is 535 g/mol. The highest BCUT2D eigenvalue weighted by Gasteiger charge is 2.06. The molecule has 0 radical (unpaired) electrons. The summed E-state index contributed by atoms with van der Waals surface area (Å²) in [5.41, 5.74) is 7.92. The molecule has 6 nitrogen and oxygen atoms in total. The smallest absolute Gasteiger partial charge is 0.189 e. The van der Waals surface area contributed by atoms with Crippen LogP contribution in [0.1, 0.15) is 11.1 Å². The van der Waals surface area contributed by atoms with E-state index in [1.807, 2.05) is 36.4 Å². The zero-order valence-corrected chi connectivity index (χ0v) is 18.8. The van der Waals surface area contributed by atoms with Gasteiger partial charge in [-0.3, -0.25) is 0 Å². The van der Waals surface area contributed by atoms with Gasteiger partial charge in [-0.15, -0.1) is 24.0 Å². The van der Waals surface area contributed by atoms with Crippen molar-refractivity contribution in [1.29, 1.82) is 0 Å². The molecule has 0 unspecified atom stereocenters. The lowest BCUT2D eigenvalue weighted by molar-refractivity contribution is 0.354. The van der Waals surface area contributed by atoms with E-state index in [2.05, 4.69) is 26.2 Å². The minimum Gasteiger partial charge on any atom is -0.496 e. The molecular formula is C18H23BrIN3O3. The molecule has 0 aromatic heterocycles. The number of nitrogens with two attached hydrogens (primary N) is 1. The van der Waals surface area contributed by atoms with Crippen molar-refractivity contribution in [1.82, 2.24) is 5.32 Å². The second-order valence-electron chi connectivity index (χ2n) is 5.20. The van der Waals surface area contributed by atoms with Gasteiger partial charge < -0.3 is 25.3 Å². The van der Waals surface area contributed by atoms with E-state index in [4.69, 9.17) is 19.9 Å². The highest BCUT2D eigenvalue weighted by molar-refractivity contribution is 14.0. The summed E-state index contributed by atoms with van der Waals surface area (Å²) in [4.78, 5) is 4.35. The minimum absolute atomic E-state index is 0. The number of rotatable bonds is 7. The molecule has 0 saturated heterocycles. The Morgan fingerprint density at radius 3 is 2.31 bits per heavy atom. The summed E-state index contributed by atoms with van der Waals surface area (Å²) < 4.78 is 16.8. The van der Waals surface area contributed by atoms with Crippen molar-refractivity contribution in [2.24, 2.45) is 10.7 Å². The van der Waals surface area contributed by atoms with Gasteiger partial charge in [0.05, 0.1) is 27.9 Å².